The monoisotopic (exact) mass is 291 g/mol. The smallest absolute Gasteiger partial charge is 0.252 e. The summed E-state index contributed by atoms with van der Waals surface area (Å²) >= 11 is 0. The molecule has 0 aromatic heterocycles. The Balaban J connectivity index is 2.12. The Morgan fingerprint density at radius 3 is 2.62 bits per heavy atom. The molecule has 6 heteroatoms. The van der Waals surface area contributed by atoms with Crippen LogP contribution in [0.1, 0.15) is 25.3 Å². The van der Waals surface area contributed by atoms with Crippen molar-refractivity contribution in [2.45, 2.75) is 38.5 Å². The van der Waals surface area contributed by atoms with Crippen LogP contribution in [0.3, 0.4) is 0 Å². The molecule has 4 N–H and O–H groups in total. The Morgan fingerprint density at radius 1 is 1.33 bits per heavy atom. The van der Waals surface area contributed by atoms with E-state index < -0.39 is 12.0 Å². The van der Waals surface area contributed by atoms with Crippen molar-refractivity contribution in [3.8, 4) is 0 Å². The van der Waals surface area contributed by atoms with Crippen LogP contribution in [0, 0.1) is 0 Å². The molecular formula is C15H21N3O3. The molecule has 0 aliphatic carbocycles. The standard InChI is InChI=1S/C15H21N3O3/c1-10-6-7-13(21-10)15(20)18(9-14(17)19)8-11-4-2-3-5-12(11)16/h2-5,10,13H,6-9,16H2,1H3,(H2,17,19). The highest BCUT2D eigenvalue weighted by molar-refractivity contribution is 5.86. The number of amides is 2. The predicted molar refractivity (Wildman–Crippen MR) is 79.0 cm³/mol. The van der Waals surface area contributed by atoms with E-state index in [1.807, 2.05) is 25.1 Å². The van der Waals surface area contributed by atoms with Gasteiger partial charge in [-0.15, -0.1) is 0 Å². The number of benzene rings is 1. The Morgan fingerprint density at radius 2 is 2.05 bits per heavy atom. The van der Waals surface area contributed by atoms with Crippen molar-refractivity contribution in [1.29, 1.82) is 0 Å². The number of para-hydroxylation sites is 1. The predicted octanol–water partition coefficient (Wildman–Crippen LogP) is 0.650. The molecule has 1 fully saturated rings. The quantitative estimate of drug-likeness (QED) is 0.778. The van der Waals surface area contributed by atoms with Gasteiger partial charge in [0.2, 0.25) is 5.91 Å². The number of nitrogen functional groups attached to an aromatic ring is 1. The number of nitrogens with zero attached hydrogens (tertiary/aromatic N) is 1. The SMILES string of the molecule is CC1CCC(C(=O)N(CC(N)=O)Cc2ccccc2N)O1. The van der Waals surface area contributed by atoms with Crippen LogP contribution in [-0.2, 0) is 20.9 Å². The number of hydrogen-bond donors (Lipinski definition) is 2. The summed E-state index contributed by atoms with van der Waals surface area (Å²) in [5, 5.41) is 0. The second-order valence-electron chi connectivity index (χ2n) is 5.37. The molecule has 2 rings (SSSR count). The van der Waals surface area contributed by atoms with Gasteiger partial charge in [-0.3, -0.25) is 9.59 Å². The van der Waals surface area contributed by atoms with E-state index in [9.17, 15) is 9.59 Å². The Labute approximate surface area is 124 Å². The number of ether oxygens (including phenoxy) is 1. The number of rotatable bonds is 5. The van der Waals surface area contributed by atoms with Crippen LogP contribution >= 0.6 is 0 Å². The maximum Gasteiger partial charge on any atom is 0.252 e. The number of carbonyl (C=O) groups excluding carboxylic acids is 2. The molecule has 6 nitrogen and oxygen atoms in total. The van der Waals surface area contributed by atoms with Crippen molar-refractivity contribution in [2.75, 3.05) is 12.3 Å². The van der Waals surface area contributed by atoms with Crippen LogP contribution in [0.2, 0.25) is 0 Å². The number of anilines is 1. The summed E-state index contributed by atoms with van der Waals surface area (Å²) < 4.78 is 5.58. The van der Waals surface area contributed by atoms with Gasteiger partial charge in [0, 0.05) is 12.2 Å². The van der Waals surface area contributed by atoms with E-state index in [2.05, 4.69) is 0 Å². The first kappa shape index (κ1) is 15.3. The van der Waals surface area contributed by atoms with Gasteiger partial charge in [0.25, 0.3) is 5.91 Å². The average Bonchev–Trinajstić information content (AvgIpc) is 2.86. The molecule has 1 saturated heterocycles. The zero-order valence-electron chi connectivity index (χ0n) is 12.1. The molecular weight excluding hydrogens is 270 g/mol. The van der Waals surface area contributed by atoms with Gasteiger partial charge in [0.1, 0.15) is 6.10 Å². The first-order chi connectivity index (χ1) is 9.97. The van der Waals surface area contributed by atoms with Gasteiger partial charge >= 0.3 is 0 Å². The highest BCUT2D eigenvalue weighted by atomic mass is 16.5. The van der Waals surface area contributed by atoms with E-state index in [1.165, 1.54) is 4.90 Å². The van der Waals surface area contributed by atoms with E-state index in [0.29, 0.717) is 12.1 Å². The molecule has 1 aliphatic rings. The van der Waals surface area contributed by atoms with Crippen molar-refractivity contribution < 1.29 is 14.3 Å². The van der Waals surface area contributed by atoms with Gasteiger partial charge in [-0.2, -0.15) is 0 Å². The van der Waals surface area contributed by atoms with E-state index in [4.69, 9.17) is 16.2 Å². The fourth-order valence-electron chi connectivity index (χ4n) is 2.47. The van der Waals surface area contributed by atoms with Gasteiger partial charge in [-0.05, 0) is 31.4 Å². The first-order valence-electron chi connectivity index (χ1n) is 7.03. The maximum atomic E-state index is 12.5. The molecule has 1 aliphatic heterocycles. The maximum absolute atomic E-state index is 12.5. The topological polar surface area (TPSA) is 98.7 Å². The highest BCUT2D eigenvalue weighted by Crippen LogP contribution is 2.22. The average molecular weight is 291 g/mol. The summed E-state index contributed by atoms with van der Waals surface area (Å²) in [6.07, 6.45) is 1.08. The minimum atomic E-state index is -0.552. The lowest BCUT2D eigenvalue weighted by Crippen LogP contribution is -2.43. The summed E-state index contributed by atoms with van der Waals surface area (Å²) in [6, 6.07) is 7.25. The zero-order valence-corrected chi connectivity index (χ0v) is 12.1. The van der Waals surface area contributed by atoms with E-state index >= 15 is 0 Å². The first-order valence-corrected chi connectivity index (χ1v) is 7.03. The van der Waals surface area contributed by atoms with Crippen molar-refractivity contribution in [2.24, 2.45) is 5.73 Å². The number of hydrogen-bond acceptors (Lipinski definition) is 4. The van der Waals surface area contributed by atoms with Crippen molar-refractivity contribution >= 4 is 17.5 Å². The second-order valence-corrected chi connectivity index (χ2v) is 5.37. The van der Waals surface area contributed by atoms with Gasteiger partial charge in [0.15, 0.2) is 0 Å². The third-order valence-corrected chi connectivity index (χ3v) is 3.58. The second kappa shape index (κ2) is 6.58. The van der Waals surface area contributed by atoms with Crippen molar-refractivity contribution in [3.63, 3.8) is 0 Å². The summed E-state index contributed by atoms with van der Waals surface area (Å²) in [6.45, 7) is 2.05. The van der Waals surface area contributed by atoms with E-state index in [-0.39, 0.29) is 25.1 Å². The van der Waals surface area contributed by atoms with Crippen LogP contribution in [0.15, 0.2) is 24.3 Å². The summed E-state index contributed by atoms with van der Waals surface area (Å²) in [5.74, 6) is -0.759. The van der Waals surface area contributed by atoms with Crippen molar-refractivity contribution in [1.82, 2.24) is 4.90 Å². The molecule has 1 aromatic rings. The lowest BCUT2D eigenvalue weighted by atomic mass is 10.1. The van der Waals surface area contributed by atoms with Crippen molar-refractivity contribution in [3.05, 3.63) is 29.8 Å². The Hall–Kier alpha value is -2.08. The largest absolute Gasteiger partial charge is 0.398 e. The fraction of sp³-hybridized carbons (Fsp3) is 0.467. The molecule has 0 radical (unpaired) electrons. The minimum absolute atomic E-state index is 0.0659. The Kier molecular flexibility index (Phi) is 4.80. The van der Waals surface area contributed by atoms with Gasteiger partial charge in [0.05, 0.1) is 12.6 Å². The third-order valence-electron chi connectivity index (χ3n) is 3.58. The van der Waals surface area contributed by atoms with Gasteiger partial charge < -0.3 is 21.1 Å². The number of primary amides is 1. The fourth-order valence-corrected chi connectivity index (χ4v) is 2.47. The molecule has 0 bridgehead atoms. The van der Waals surface area contributed by atoms with Gasteiger partial charge in [-0.25, -0.2) is 0 Å². The molecule has 1 aromatic carbocycles. The Bertz CT molecular complexity index is 533. The molecule has 2 unspecified atom stereocenters. The zero-order chi connectivity index (χ0) is 15.4. The lowest BCUT2D eigenvalue weighted by Gasteiger charge is -2.25. The molecule has 114 valence electrons. The molecule has 1 heterocycles. The highest BCUT2D eigenvalue weighted by Gasteiger charge is 2.32. The van der Waals surface area contributed by atoms with Crippen LogP contribution in [0.25, 0.3) is 0 Å². The van der Waals surface area contributed by atoms with E-state index in [1.54, 1.807) is 6.07 Å². The summed E-state index contributed by atoms with van der Waals surface area (Å²) in [4.78, 5) is 25.1. The molecule has 0 saturated carbocycles. The van der Waals surface area contributed by atoms with Crippen LogP contribution in [0.4, 0.5) is 5.69 Å². The molecule has 2 atom stereocenters. The molecule has 21 heavy (non-hydrogen) atoms. The van der Waals surface area contributed by atoms with E-state index in [0.717, 1.165) is 12.0 Å². The van der Waals surface area contributed by atoms with Crippen LogP contribution in [0.5, 0.6) is 0 Å². The summed E-state index contributed by atoms with van der Waals surface area (Å²) in [7, 11) is 0. The summed E-state index contributed by atoms with van der Waals surface area (Å²) in [5.41, 5.74) is 12.5. The number of carbonyl (C=O) groups is 2. The minimum Gasteiger partial charge on any atom is -0.398 e. The third kappa shape index (κ3) is 3.95. The van der Waals surface area contributed by atoms with Crippen LogP contribution in [-0.4, -0.2) is 35.5 Å². The molecule has 2 amide bonds. The normalized spacial score (nSPS) is 21.2. The number of nitrogens with two attached hydrogens (primary N) is 2. The lowest BCUT2D eigenvalue weighted by molar-refractivity contribution is -0.145. The molecule has 0 spiro atoms. The van der Waals surface area contributed by atoms with Gasteiger partial charge in [-0.1, -0.05) is 18.2 Å². The van der Waals surface area contributed by atoms with Crippen LogP contribution < -0.4 is 11.5 Å².